The molecule has 19 atom stereocenters. The number of carbonyl (C=O) groups is 2. The molecule has 0 aromatic rings. The van der Waals surface area contributed by atoms with Gasteiger partial charge < -0.3 is 80.9 Å². The minimum absolute atomic E-state index is 0.107. The number of carboxylic acid groups (broad SMARTS) is 1. The molecule has 2 bridgehead atoms. The molecule has 3 rings (SSSR count). The Hall–Kier alpha value is -3.44. The van der Waals surface area contributed by atoms with E-state index in [0.717, 1.165) is 0 Å². The van der Waals surface area contributed by atoms with Gasteiger partial charge in [-0.2, -0.15) is 0 Å². The number of cyclic esters (lactones) is 1. The van der Waals surface area contributed by atoms with E-state index in [-0.39, 0.29) is 31.6 Å². The monoisotopic (exact) mass is 923 g/mol. The highest BCUT2D eigenvalue weighted by atomic mass is 16.7. The maximum absolute atomic E-state index is 12.6. The lowest BCUT2D eigenvalue weighted by Crippen LogP contribution is -2.61. The first kappa shape index (κ1) is 55.9. The Balaban J connectivity index is 1.86. The van der Waals surface area contributed by atoms with Crippen molar-refractivity contribution in [2.75, 3.05) is 0 Å². The molecule has 3 aliphatic heterocycles. The van der Waals surface area contributed by atoms with Gasteiger partial charge in [-0.05, 0) is 33.1 Å². The number of aliphatic hydroxyl groups excluding tert-OH is 9. The summed E-state index contributed by atoms with van der Waals surface area (Å²) in [6.45, 7) is 6.74. The molecule has 0 amide bonds. The molecule has 3 heterocycles. The second kappa shape index (κ2) is 27.4. The minimum Gasteiger partial charge on any atom is -0.481 e. The number of carboxylic acids is 1. The van der Waals surface area contributed by atoms with Crippen LogP contribution in [0.15, 0.2) is 85.1 Å². The predicted octanol–water partition coefficient (Wildman–Crippen LogP) is 0.712. The number of aliphatic carboxylic acids is 1. The highest BCUT2D eigenvalue weighted by molar-refractivity contribution is 5.71. The van der Waals surface area contributed by atoms with E-state index in [1.165, 1.54) is 13.0 Å². The van der Waals surface area contributed by atoms with Gasteiger partial charge >= 0.3 is 11.9 Å². The summed E-state index contributed by atoms with van der Waals surface area (Å²) in [6.07, 6.45) is 3.46. The SMILES string of the molecule is CC1OC(OC2/C=C/C=C/C=C/C=C/C=C/C=C/C=C/[C@H](C)C(O)[C@@H](C)[C@H](C)OC(=O)CC(O)CC(O)CCC(O)C(O)CC(O)CC3(O)C[C@H](O)C(C(=O)O)[C@H](C2)O3)[C@@H](O)[C@@H](N)C1O. The summed E-state index contributed by atoms with van der Waals surface area (Å²) in [6, 6.07) is -1.15. The minimum atomic E-state index is -2.33. The molecular formula is C47H73NO17. The third-order valence-corrected chi connectivity index (χ3v) is 12.0. The number of esters is 1. The number of rotatable bonds is 3. The second-order valence-electron chi connectivity index (χ2n) is 17.6. The van der Waals surface area contributed by atoms with Crippen LogP contribution in [-0.2, 0) is 28.5 Å². The van der Waals surface area contributed by atoms with E-state index in [2.05, 4.69) is 0 Å². The number of hydrogen-bond acceptors (Lipinski definition) is 17. The average molecular weight is 924 g/mol. The van der Waals surface area contributed by atoms with Crippen molar-refractivity contribution >= 4 is 11.9 Å². The smallest absolute Gasteiger partial charge is 0.311 e. The number of aliphatic hydroxyl groups is 10. The van der Waals surface area contributed by atoms with Gasteiger partial charge in [0.1, 0.15) is 18.1 Å². The Kier molecular flexibility index (Phi) is 23.6. The second-order valence-corrected chi connectivity index (χ2v) is 17.6. The quantitative estimate of drug-likeness (QED) is 0.174. The van der Waals surface area contributed by atoms with Crippen molar-refractivity contribution in [1.29, 1.82) is 0 Å². The number of fused-ring (bicyclic) bond motifs is 2. The molecule has 65 heavy (non-hydrogen) atoms. The van der Waals surface area contributed by atoms with Crippen molar-refractivity contribution < 1.29 is 84.7 Å². The summed E-state index contributed by atoms with van der Waals surface area (Å²) in [5.41, 5.74) is 6.02. The highest BCUT2D eigenvalue weighted by Crippen LogP contribution is 2.38. The molecule has 0 radical (unpaired) electrons. The summed E-state index contributed by atoms with van der Waals surface area (Å²) < 4.78 is 23.1. The third-order valence-electron chi connectivity index (χ3n) is 12.0. The van der Waals surface area contributed by atoms with Gasteiger partial charge in [0, 0.05) is 37.5 Å². The first-order valence-corrected chi connectivity index (χ1v) is 22.3. The number of carbonyl (C=O) groups excluding carboxylic acids is 1. The number of allylic oxidation sites excluding steroid dienone is 12. The van der Waals surface area contributed by atoms with Gasteiger partial charge in [0.2, 0.25) is 0 Å². The fourth-order valence-corrected chi connectivity index (χ4v) is 7.97. The molecule has 0 aromatic carbocycles. The first-order chi connectivity index (χ1) is 30.6. The van der Waals surface area contributed by atoms with Gasteiger partial charge in [0.15, 0.2) is 12.1 Å². The summed E-state index contributed by atoms with van der Waals surface area (Å²) in [4.78, 5) is 25.1. The fraction of sp³-hybridized carbons (Fsp3) is 0.660. The van der Waals surface area contributed by atoms with Gasteiger partial charge in [-0.3, -0.25) is 9.59 Å². The van der Waals surface area contributed by atoms with E-state index in [0.29, 0.717) is 0 Å². The molecule has 12 unspecified atom stereocenters. The Morgan fingerprint density at radius 2 is 1.23 bits per heavy atom. The molecule has 3 aliphatic rings. The molecule has 0 saturated carbocycles. The van der Waals surface area contributed by atoms with Crippen LogP contribution >= 0.6 is 0 Å². The largest absolute Gasteiger partial charge is 0.481 e. The Morgan fingerprint density at radius 1 is 0.662 bits per heavy atom. The van der Waals surface area contributed by atoms with Gasteiger partial charge in [0.25, 0.3) is 0 Å². The molecule has 18 heteroatoms. The molecule has 0 aromatic heterocycles. The molecule has 2 saturated heterocycles. The van der Waals surface area contributed by atoms with Crippen molar-refractivity contribution in [3.05, 3.63) is 85.1 Å². The van der Waals surface area contributed by atoms with Crippen LogP contribution in [0, 0.1) is 17.8 Å². The fourth-order valence-electron chi connectivity index (χ4n) is 7.97. The molecule has 18 nitrogen and oxygen atoms in total. The number of hydrogen-bond donors (Lipinski definition) is 12. The maximum Gasteiger partial charge on any atom is 0.311 e. The van der Waals surface area contributed by atoms with Crippen molar-refractivity contribution in [3.63, 3.8) is 0 Å². The van der Waals surface area contributed by atoms with E-state index >= 15 is 0 Å². The van der Waals surface area contributed by atoms with E-state index in [1.807, 2.05) is 19.1 Å². The standard InChI is InChI=1S/C47H73NO17/c1-27-17-15-13-11-9-7-5-6-8-10-12-14-16-18-34(64-46-44(58)41(48)43(57)30(4)63-46)24-38-40(45(59)60)37(54)26-47(61,65-38)25-33(51)22-36(53)35(52)20-19-31(49)21-32(50)23-39(55)62-29(3)28(2)42(27)56/h5-18,27-38,40-44,46,49-54,56-58,61H,19-26,48H2,1-4H3,(H,59,60)/b6-5+,9-7+,10-8+,13-11+,14-12+,17-15+,18-16+/t27-,28-,29-,30?,31?,32?,33?,34?,35?,36?,37-,38-,40?,41-,42?,43?,44-,46?,47?/m0/s1. The van der Waals surface area contributed by atoms with Crippen molar-refractivity contribution in [1.82, 2.24) is 0 Å². The first-order valence-electron chi connectivity index (χ1n) is 22.3. The zero-order chi connectivity index (χ0) is 48.4. The summed E-state index contributed by atoms with van der Waals surface area (Å²) in [5, 5.41) is 118. The Morgan fingerprint density at radius 3 is 1.82 bits per heavy atom. The normalized spacial score (nSPS) is 45.5. The zero-order valence-electron chi connectivity index (χ0n) is 37.6. The lowest BCUT2D eigenvalue weighted by molar-refractivity contribution is -0.308. The third kappa shape index (κ3) is 18.6. The molecule has 2 fully saturated rings. The maximum atomic E-state index is 12.6. The predicted molar refractivity (Wildman–Crippen MR) is 237 cm³/mol. The van der Waals surface area contributed by atoms with Crippen LogP contribution in [0.25, 0.3) is 0 Å². The van der Waals surface area contributed by atoms with E-state index in [1.54, 1.807) is 80.7 Å². The van der Waals surface area contributed by atoms with Crippen molar-refractivity contribution in [3.8, 4) is 0 Å². The summed E-state index contributed by atoms with van der Waals surface area (Å²) in [5.74, 6) is -6.83. The highest BCUT2D eigenvalue weighted by Gasteiger charge is 2.51. The van der Waals surface area contributed by atoms with Crippen LogP contribution in [-0.4, -0.2) is 166 Å². The van der Waals surface area contributed by atoms with Gasteiger partial charge in [-0.25, -0.2) is 0 Å². The van der Waals surface area contributed by atoms with Crippen LogP contribution in [0.4, 0.5) is 0 Å². The topological polar surface area (TPSA) is 320 Å². The number of ether oxygens (including phenoxy) is 4. The van der Waals surface area contributed by atoms with Crippen LogP contribution in [0.3, 0.4) is 0 Å². The Labute approximate surface area is 381 Å². The Bertz CT molecular complexity index is 1670. The molecule has 0 spiro atoms. The summed E-state index contributed by atoms with van der Waals surface area (Å²) in [7, 11) is 0. The van der Waals surface area contributed by atoms with Crippen LogP contribution in [0.5, 0.6) is 0 Å². The molecule has 13 N–H and O–H groups in total. The lowest BCUT2D eigenvalue weighted by Gasteiger charge is -2.45. The zero-order valence-corrected chi connectivity index (χ0v) is 37.6. The van der Waals surface area contributed by atoms with Gasteiger partial charge in [0.05, 0.1) is 79.6 Å². The van der Waals surface area contributed by atoms with E-state index in [4.69, 9.17) is 24.7 Å². The van der Waals surface area contributed by atoms with Crippen LogP contribution < -0.4 is 5.73 Å². The van der Waals surface area contributed by atoms with Crippen LogP contribution in [0.2, 0.25) is 0 Å². The summed E-state index contributed by atoms with van der Waals surface area (Å²) >= 11 is 0. The average Bonchev–Trinajstić information content (AvgIpc) is 3.21. The van der Waals surface area contributed by atoms with E-state index < -0.39 is 147 Å². The number of nitrogens with two attached hydrogens (primary N) is 1. The van der Waals surface area contributed by atoms with E-state index in [9.17, 15) is 65.8 Å². The molecule has 0 aliphatic carbocycles. The van der Waals surface area contributed by atoms with Crippen molar-refractivity contribution in [2.45, 2.75) is 177 Å². The lowest BCUT2D eigenvalue weighted by atomic mass is 9.82. The molecular weight excluding hydrogens is 851 g/mol. The van der Waals surface area contributed by atoms with Crippen LogP contribution in [0.1, 0.15) is 79.1 Å². The van der Waals surface area contributed by atoms with Gasteiger partial charge in [-0.15, -0.1) is 0 Å². The van der Waals surface area contributed by atoms with Crippen molar-refractivity contribution in [2.24, 2.45) is 23.5 Å². The molecule has 368 valence electrons. The van der Waals surface area contributed by atoms with Gasteiger partial charge in [-0.1, -0.05) is 98.9 Å².